The third-order valence-corrected chi connectivity index (χ3v) is 5.65. The molecule has 0 fully saturated rings. The van der Waals surface area contributed by atoms with Crippen LogP contribution in [0, 0.1) is 0 Å². The first-order valence-corrected chi connectivity index (χ1v) is 10.4. The van der Waals surface area contributed by atoms with Gasteiger partial charge in [-0.15, -0.1) is 11.3 Å². The minimum atomic E-state index is -4.53. The molecule has 1 aliphatic carbocycles. The summed E-state index contributed by atoms with van der Waals surface area (Å²) in [5, 5.41) is 4.25. The lowest BCUT2D eigenvalue weighted by Gasteiger charge is -2.13. The molecule has 2 heterocycles. The Balaban J connectivity index is 1.63. The summed E-state index contributed by atoms with van der Waals surface area (Å²) in [7, 11) is 0. The van der Waals surface area contributed by atoms with Crippen molar-refractivity contribution >= 4 is 45.8 Å². The Labute approximate surface area is 179 Å². The number of alkyl halides is 3. The van der Waals surface area contributed by atoms with E-state index in [-0.39, 0.29) is 0 Å². The van der Waals surface area contributed by atoms with Gasteiger partial charge in [-0.25, -0.2) is 9.78 Å². The van der Waals surface area contributed by atoms with Crippen molar-refractivity contribution in [3.05, 3.63) is 63.5 Å². The molecule has 1 aromatic carbocycles. The number of rotatable bonds is 5. The molecular weight excluding hydrogens is 429 g/mol. The van der Waals surface area contributed by atoms with Gasteiger partial charge in [-0.3, -0.25) is 4.79 Å². The number of fused-ring (bicyclic) bond motifs is 2. The van der Waals surface area contributed by atoms with Gasteiger partial charge in [0.25, 0.3) is 5.91 Å². The Morgan fingerprint density at radius 1 is 1.16 bits per heavy atom. The Morgan fingerprint density at radius 2 is 1.97 bits per heavy atom. The van der Waals surface area contributed by atoms with E-state index in [0.717, 1.165) is 16.0 Å². The summed E-state index contributed by atoms with van der Waals surface area (Å²) in [6, 6.07) is 11.0. The zero-order valence-corrected chi connectivity index (χ0v) is 17.0. The number of amides is 1. The predicted octanol–water partition coefficient (Wildman–Crippen LogP) is 4.62. The van der Waals surface area contributed by atoms with Crippen LogP contribution >= 0.6 is 11.3 Å². The van der Waals surface area contributed by atoms with Crippen LogP contribution < -0.4 is 5.32 Å². The summed E-state index contributed by atoms with van der Waals surface area (Å²) in [6.07, 6.45) is -1.22. The number of allylic oxidation sites excluding steroid dienone is 1. The van der Waals surface area contributed by atoms with Crippen LogP contribution in [-0.4, -0.2) is 36.2 Å². The van der Waals surface area contributed by atoms with Crippen LogP contribution in [0.2, 0.25) is 0 Å². The summed E-state index contributed by atoms with van der Waals surface area (Å²) >= 11 is 1.60. The minimum Gasteiger partial charge on any atom is -0.452 e. The second-order valence-electron chi connectivity index (χ2n) is 6.98. The monoisotopic (exact) mass is 446 g/mol. The Bertz CT molecular complexity index is 1170. The molecule has 0 saturated heterocycles. The molecule has 0 atom stereocenters. The first-order valence-electron chi connectivity index (χ1n) is 9.48. The molecule has 0 radical (unpaired) electrons. The molecule has 160 valence electrons. The van der Waals surface area contributed by atoms with E-state index in [0.29, 0.717) is 35.0 Å². The highest BCUT2D eigenvalue weighted by atomic mass is 32.1. The second-order valence-corrected chi connectivity index (χ2v) is 7.96. The van der Waals surface area contributed by atoms with E-state index in [1.54, 1.807) is 40.9 Å². The van der Waals surface area contributed by atoms with Crippen molar-refractivity contribution in [3.63, 3.8) is 0 Å². The van der Waals surface area contributed by atoms with Crippen molar-refractivity contribution in [3.8, 4) is 0 Å². The summed E-state index contributed by atoms with van der Waals surface area (Å²) in [5.41, 5.74) is 3.34. The van der Waals surface area contributed by atoms with Crippen LogP contribution in [0.5, 0.6) is 0 Å². The van der Waals surface area contributed by atoms with Gasteiger partial charge in [-0.05, 0) is 47.6 Å². The lowest BCUT2D eigenvalue weighted by molar-refractivity contribution is -0.140. The fraction of sp³-hybridized carbons (Fsp3) is 0.227. The van der Waals surface area contributed by atoms with Crippen molar-refractivity contribution < 1.29 is 27.5 Å². The van der Waals surface area contributed by atoms with Crippen molar-refractivity contribution in [1.29, 1.82) is 0 Å². The maximum absolute atomic E-state index is 12.9. The quantitative estimate of drug-likeness (QED) is 0.581. The molecule has 4 rings (SSSR count). The SMILES string of the molecule is O=C(COC(=O)c1c2c(nc3ccccc13)/C(=C/c1cccs1)CC2)NCC(F)(F)F. The number of ether oxygens (including phenoxy) is 1. The van der Waals surface area contributed by atoms with E-state index in [1.807, 2.05) is 23.6 Å². The number of carbonyl (C=O) groups is 2. The Hall–Kier alpha value is -3.20. The van der Waals surface area contributed by atoms with E-state index in [9.17, 15) is 22.8 Å². The molecule has 3 aromatic rings. The van der Waals surface area contributed by atoms with Gasteiger partial charge in [0.1, 0.15) is 6.54 Å². The number of nitrogens with zero attached hydrogens (tertiary/aromatic N) is 1. The molecule has 31 heavy (non-hydrogen) atoms. The van der Waals surface area contributed by atoms with E-state index < -0.39 is 31.2 Å². The van der Waals surface area contributed by atoms with Crippen LogP contribution in [0.4, 0.5) is 13.2 Å². The number of hydrogen-bond donors (Lipinski definition) is 1. The number of para-hydroxylation sites is 1. The van der Waals surface area contributed by atoms with E-state index >= 15 is 0 Å². The van der Waals surface area contributed by atoms with Crippen LogP contribution in [0.25, 0.3) is 22.6 Å². The van der Waals surface area contributed by atoms with Gasteiger partial charge in [-0.2, -0.15) is 13.2 Å². The smallest absolute Gasteiger partial charge is 0.405 e. The molecule has 9 heteroatoms. The molecule has 1 aliphatic rings. The van der Waals surface area contributed by atoms with Gasteiger partial charge >= 0.3 is 12.1 Å². The third kappa shape index (κ3) is 4.77. The molecule has 5 nitrogen and oxygen atoms in total. The zero-order chi connectivity index (χ0) is 22.0. The molecule has 0 bridgehead atoms. The maximum atomic E-state index is 12.9. The molecular formula is C22H17F3N2O3S. The number of nitrogens with one attached hydrogen (secondary N) is 1. The summed E-state index contributed by atoms with van der Waals surface area (Å²) in [6.45, 7) is -2.27. The normalized spacial score (nSPS) is 14.6. The van der Waals surface area contributed by atoms with Gasteiger partial charge in [0.15, 0.2) is 6.61 Å². The summed E-state index contributed by atoms with van der Waals surface area (Å²) in [5.74, 6) is -1.77. The van der Waals surface area contributed by atoms with Crippen LogP contribution in [0.15, 0.2) is 41.8 Å². The molecule has 0 spiro atoms. The van der Waals surface area contributed by atoms with Crippen LogP contribution in [0.1, 0.15) is 32.9 Å². The first-order chi connectivity index (χ1) is 14.8. The molecule has 0 unspecified atom stereocenters. The van der Waals surface area contributed by atoms with Crippen molar-refractivity contribution in [2.45, 2.75) is 19.0 Å². The number of hydrogen-bond acceptors (Lipinski definition) is 5. The molecule has 0 saturated carbocycles. The Kier molecular flexibility index (Phi) is 5.77. The molecule has 0 aliphatic heterocycles. The average molecular weight is 446 g/mol. The fourth-order valence-corrected chi connectivity index (χ4v) is 4.19. The number of pyridine rings is 1. The Morgan fingerprint density at radius 3 is 2.71 bits per heavy atom. The van der Waals surface area contributed by atoms with Gasteiger partial charge < -0.3 is 10.1 Å². The number of thiophene rings is 1. The van der Waals surface area contributed by atoms with Crippen LogP contribution in [-0.2, 0) is 16.0 Å². The van der Waals surface area contributed by atoms with E-state index in [2.05, 4.69) is 0 Å². The standard InChI is InChI=1S/C22H17F3N2O3S/c23-22(24,25)12-26-18(28)11-30-21(29)19-15-5-1-2-6-17(15)27-20-13(7-8-16(19)20)10-14-4-3-9-31-14/h1-6,9-10H,7-8,11-12H2,(H,26,28)/b13-10+. The van der Waals surface area contributed by atoms with Gasteiger partial charge in [-0.1, -0.05) is 24.3 Å². The zero-order valence-electron chi connectivity index (χ0n) is 16.2. The van der Waals surface area contributed by atoms with Gasteiger partial charge in [0.2, 0.25) is 0 Å². The largest absolute Gasteiger partial charge is 0.452 e. The molecule has 1 amide bonds. The van der Waals surface area contributed by atoms with Crippen molar-refractivity contribution in [2.24, 2.45) is 0 Å². The van der Waals surface area contributed by atoms with Crippen LogP contribution in [0.3, 0.4) is 0 Å². The maximum Gasteiger partial charge on any atom is 0.405 e. The second kappa shape index (κ2) is 8.50. The van der Waals surface area contributed by atoms with Gasteiger partial charge in [0.05, 0.1) is 16.8 Å². The van der Waals surface area contributed by atoms with Gasteiger partial charge in [0, 0.05) is 10.3 Å². The van der Waals surface area contributed by atoms with E-state index in [1.165, 1.54) is 0 Å². The summed E-state index contributed by atoms with van der Waals surface area (Å²) in [4.78, 5) is 30.3. The predicted molar refractivity (Wildman–Crippen MR) is 112 cm³/mol. The minimum absolute atomic E-state index is 0.304. The molecule has 1 N–H and O–H groups in total. The number of esters is 1. The van der Waals surface area contributed by atoms with Crippen molar-refractivity contribution in [2.75, 3.05) is 13.2 Å². The molecule has 2 aromatic heterocycles. The fourth-order valence-electron chi connectivity index (χ4n) is 3.51. The van der Waals surface area contributed by atoms with Crippen molar-refractivity contribution in [1.82, 2.24) is 10.3 Å². The lowest BCUT2D eigenvalue weighted by atomic mass is 10.0. The average Bonchev–Trinajstić information content (AvgIpc) is 3.39. The first kappa shape index (κ1) is 21.0. The third-order valence-electron chi connectivity index (χ3n) is 4.83. The number of aromatic nitrogens is 1. The van der Waals surface area contributed by atoms with E-state index in [4.69, 9.17) is 9.72 Å². The highest BCUT2D eigenvalue weighted by Crippen LogP contribution is 2.38. The summed E-state index contributed by atoms with van der Waals surface area (Å²) < 4.78 is 41.8. The number of halogens is 3. The highest BCUT2D eigenvalue weighted by molar-refractivity contribution is 7.10. The topological polar surface area (TPSA) is 68.3 Å². The number of benzene rings is 1. The highest BCUT2D eigenvalue weighted by Gasteiger charge is 2.29. The lowest BCUT2D eigenvalue weighted by Crippen LogP contribution is -2.36. The number of carbonyl (C=O) groups excluding carboxylic acids is 2.